The molecule has 1 atom stereocenters. The predicted octanol–water partition coefficient (Wildman–Crippen LogP) is 1.60. The summed E-state index contributed by atoms with van der Waals surface area (Å²) in [6.45, 7) is 0.666. The first-order valence-corrected chi connectivity index (χ1v) is 6.47. The lowest BCUT2D eigenvalue weighted by molar-refractivity contribution is 0.00768. The molecule has 2 N–H and O–H groups in total. The van der Waals surface area contributed by atoms with Crippen molar-refractivity contribution in [1.29, 1.82) is 0 Å². The highest BCUT2D eigenvalue weighted by Gasteiger charge is 2.43. The molecule has 1 saturated heterocycles. The minimum Gasteiger partial charge on any atom is -0.463 e. The third kappa shape index (κ3) is 1.87. The highest BCUT2D eigenvalue weighted by molar-refractivity contribution is 7.16. The maximum Gasteiger partial charge on any atom is 0.296 e. The first-order chi connectivity index (χ1) is 7.76. The van der Waals surface area contributed by atoms with Crippen molar-refractivity contribution in [1.82, 2.24) is 10.2 Å². The molecule has 1 aromatic heterocycles. The normalized spacial score (nSPS) is 27.6. The topological polar surface area (TPSA) is 70.3 Å². The van der Waals surface area contributed by atoms with Crippen LogP contribution in [-0.2, 0) is 4.74 Å². The average molecular weight is 241 g/mol. The van der Waals surface area contributed by atoms with E-state index < -0.39 is 0 Å². The monoisotopic (exact) mass is 241 g/mol. The molecule has 1 aromatic rings. The van der Waals surface area contributed by atoms with E-state index in [9.17, 15) is 0 Å². The third-order valence-corrected chi connectivity index (χ3v) is 4.02. The molecule has 0 radical (unpaired) electrons. The Hall–Kier alpha value is -0.880. The lowest BCUT2D eigenvalue weighted by Crippen LogP contribution is -2.24. The summed E-state index contributed by atoms with van der Waals surface area (Å²) in [6.07, 6.45) is 5.99. The number of nitrogen functional groups attached to an aromatic ring is 1. The highest BCUT2D eigenvalue weighted by Crippen LogP contribution is 2.42. The third-order valence-electron chi connectivity index (χ3n) is 3.38. The second-order valence-corrected chi connectivity index (χ2v) is 5.52. The number of hydrogen-bond acceptors (Lipinski definition) is 6. The standard InChI is InChI=1S/C10H15N3O2S/c11-8-12-13-9(16-8)15-7-5-10(14-6-7)3-1-2-4-10/h7H,1-6H2,(H2,11,12). The Kier molecular flexibility index (Phi) is 2.48. The number of ether oxygens (including phenoxy) is 2. The Labute approximate surface area is 98.0 Å². The maximum atomic E-state index is 5.89. The Morgan fingerprint density at radius 3 is 2.88 bits per heavy atom. The summed E-state index contributed by atoms with van der Waals surface area (Å²) in [5.41, 5.74) is 5.60. The van der Waals surface area contributed by atoms with Gasteiger partial charge in [-0.05, 0) is 24.2 Å². The molecule has 2 heterocycles. The summed E-state index contributed by atoms with van der Waals surface area (Å²) in [7, 11) is 0. The zero-order chi connectivity index (χ0) is 11.0. The van der Waals surface area contributed by atoms with Gasteiger partial charge in [-0.1, -0.05) is 17.9 Å². The molecule has 3 rings (SSSR count). The van der Waals surface area contributed by atoms with E-state index in [1.54, 1.807) is 0 Å². The van der Waals surface area contributed by atoms with Crippen LogP contribution in [0, 0.1) is 0 Å². The van der Waals surface area contributed by atoms with Crippen LogP contribution >= 0.6 is 11.3 Å². The zero-order valence-corrected chi connectivity index (χ0v) is 9.83. The molecule has 1 unspecified atom stereocenters. The molecule has 1 aliphatic heterocycles. The largest absolute Gasteiger partial charge is 0.463 e. The van der Waals surface area contributed by atoms with E-state index in [-0.39, 0.29) is 11.7 Å². The van der Waals surface area contributed by atoms with Crippen molar-refractivity contribution in [2.75, 3.05) is 12.3 Å². The fraction of sp³-hybridized carbons (Fsp3) is 0.800. The molecule has 1 spiro atoms. The van der Waals surface area contributed by atoms with Crippen molar-refractivity contribution in [3.63, 3.8) is 0 Å². The van der Waals surface area contributed by atoms with Crippen molar-refractivity contribution >= 4 is 16.5 Å². The number of hydrogen-bond donors (Lipinski definition) is 1. The lowest BCUT2D eigenvalue weighted by atomic mass is 9.97. The summed E-state index contributed by atoms with van der Waals surface area (Å²) < 4.78 is 11.6. The SMILES string of the molecule is Nc1nnc(OC2COC3(CCCC3)C2)s1. The number of anilines is 1. The molecule has 1 aliphatic carbocycles. The summed E-state index contributed by atoms with van der Waals surface area (Å²) in [4.78, 5) is 0. The van der Waals surface area contributed by atoms with Crippen LogP contribution in [0.25, 0.3) is 0 Å². The molecule has 16 heavy (non-hydrogen) atoms. The first kappa shape index (κ1) is 10.3. The molecule has 2 fully saturated rings. The Balaban J connectivity index is 1.61. The Morgan fingerprint density at radius 1 is 1.38 bits per heavy atom. The molecule has 1 saturated carbocycles. The maximum absolute atomic E-state index is 5.89. The van der Waals surface area contributed by atoms with Crippen LogP contribution in [0.15, 0.2) is 0 Å². The van der Waals surface area contributed by atoms with Crippen molar-refractivity contribution < 1.29 is 9.47 Å². The minimum absolute atomic E-state index is 0.0981. The van der Waals surface area contributed by atoms with Crippen molar-refractivity contribution in [3.8, 4) is 5.19 Å². The molecule has 2 aliphatic rings. The Morgan fingerprint density at radius 2 is 2.19 bits per heavy atom. The van der Waals surface area contributed by atoms with E-state index in [0.29, 0.717) is 16.9 Å². The van der Waals surface area contributed by atoms with Crippen LogP contribution in [0.3, 0.4) is 0 Å². The zero-order valence-electron chi connectivity index (χ0n) is 9.02. The van der Waals surface area contributed by atoms with Gasteiger partial charge in [0.2, 0.25) is 5.13 Å². The van der Waals surface area contributed by atoms with E-state index in [4.69, 9.17) is 15.2 Å². The first-order valence-electron chi connectivity index (χ1n) is 5.65. The van der Waals surface area contributed by atoms with Gasteiger partial charge in [0.15, 0.2) is 0 Å². The predicted molar refractivity (Wildman–Crippen MR) is 60.5 cm³/mol. The van der Waals surface area contributed by atoms with Crippen molar-refractivity contribution in [3.05, 3.63) is 0 Å². The van der Waals surface area contributed by atoms with Crippen LogP contribution in [0.2, 0.25) is 0 Å². The van der Waals surface area contributed by atoms with Gasteiger partial charge in [0, 0.05) is 6.42 Å². The van der Waals surface area contributed by atoms with Gasteiger partial charge in [-0.2, -0.15) is 0 Å². The molecule has 0 bridgehead atoms. The molecule has 6 heteroatoms. The van der Waals surface area contributed by atoms with Crippen molar-refractivity contribution in [2.24, 2.45) is 0 Å². The molecular formula is C10H15N3O2S. The summed E-state index contributed by atoms with van der Waals surface area (Å²) in [5, 5.41) is 8.59. The summed E-state index contributed by atoms with van der Waals surface area (Å²) in [5.74, 6) is 0. The van der Waals surface area contributed by atoms with Crippen LogP contribution in [0.1, 0.15) is 32.1 Å². The average Bonchev–Trinajstić information content (AvgIpc) is 2.94. The molecular weight excluding hydrogens is 226 g/mol. The quantitative estimate of drug-likeness (QED) is 0.851. The number of nitrogens with two attached hydrogens (primary N) is 1. The van der Waals surface area contributed by atoms with Crippen LogP contribution in [0.5, 0.6) is 5.19 Å². The van der Waals surface area contributed by atoms with Crippen molar-refractivity contribution in [2.45, 2.75) is 43.8 Å². The molecule has 5 nitrogen and oxygen atoms in total. The highest BCUT2D eigenvalue weighted by atomic mass is 32.1. The summed E-state index contributed by atoms with van der Waals surface area (Å²) in [6, 6.07) is 0. The second-order valence-electron chi connectivity index (χ2n) is 4.55. The van der Waals surface area contributed by atoms with E-state index >= 15 is 0 Å². The fourth-order valence-electron chi connectivity index (χ4n) is 2.66. The second kappa shape index (κ2) is 3.85. The van der Waals surface area contributed by atoms with E-state index in [1.807, 2.05) is 0 Å². The molecule has 88 valence electrons. The van der Waals surface area contributed by atoms with E-state index in [0.717, 1.165) is 6.42 Å². The smallest absolute Gasteiger partial charge is 0.296 e. The van der Waals surface area contributed by atoms with Gasteiger partial charge in [-0.3, -0.25) is 0 Å². The number of rotatable bonds is 2. The van der Waals surface area contributed by atoms with Gasteiger partial charge < -0.3 is 15.2 Å². The summed E-state index contributed by atoms with van der Waals surface area (Å²) >= 11 is 1.28. The minimum atomic E-state index is 0.0981. The van der Waals surface area contributed by atoms with E-state index in [1.165, 1.54) is 37.0 Å². The van der Waals surface area contributed by atoms with E-state index in [2.05, 4.69) is 10.2 Å². The Bertz CT molecular complexity index is 376. The molecule has 0 amide bonds. The van der Waals surface area contributed by atoms with Gasteiger partial charge in [0.1, 0.15) is 6.10 Å². The number of aromatic nitrogens is 2. The van der Waals surface area contributed by atoms with Crippen LogP contribution in [0.4, 0.5) is 5.13 Å². The van der Waals surface area contributed by atoms with Gasteiger partial charge in [0.25, 0.3) is 5.19 Å². The number of nitrogens with zero attached hydrogens (tertiary/aromatic N) is 2. The van der Waals surface area contributed by atoms with Gasteiger partial charge in [-0.15, -0.1) is 5.10 Å². The van der Waals surface area contributed by atoms with Crippen LogP contribution < -0.4 is 10.5 Å². The fourth-order valence-corrected chi connectivity index (χ4v) is 3.18. The van der Waals surface area contributed by atoms with Gasteiger partial charge in [0.05, 0.1) is 12.2 Å². The molecule has 0 aromatic carbocycles. The van der Waals surface area contributed by atoms with Crippen LogP contribution in [-0.4, -0.2) is 28.5 Å². The van der Waals surface area contributed by atoms with Gasteiger partial charge >= 0.3 is 0 Å². The van der Waals surface area contributed by atoms with Gasteiger partial charge in [-0.25, -0.2) is 0 Å². The lowest BCUT2D eigenvalue weighted by Gasteiger charge is -2.20.